The normalized spacial score (nSPS) is 29.1. The topological polar surface area (TPSA) is 12.5 Å². The molecule has 1 saturated heterocycles. The van der Waals surface area contributed by atoms with Crippen molar-refractivity contribution in [2.24, 2.45) is 0 Å². The minimum Gasteiger partial charge on any atom is -0.488 e. The van der Waals surface area contributed by atoms with E-state index in [9.17, 15) is 0 Å². The number of hydrogen-bond acceptors (Lipinski definition) is 2. The van der Waals surface area contributed by atoms with Crippen molar-refractivity contribution in [1.29, 1.82) is 0 Å². The number of nitrogens with zero attached hydrogens (tertiary/aromatic N) is 1. The van der Waals surface area contributed by atoms with Crippen LogP contribution in [0.3, 0.4) is 0 Å². The minimum absolute atomic E-state index is 0.357. The first-order valence-corrected chi connectivity index (χ1v) is 6.84. The van der Waals surface area contributed by atoms with E-state index < -0.39 is 0 Å². The summed E-state index contributed by atoms with van der Waals surface area (Å²) < 4.78 is 5.95. The van der Waals surface area contributed by atoms with Crippen molar-refractivity contribution >= 4 is 15.9 Å². The van der Waals surface area contributed by atoms with Gasteiger partial charge in [-0.3, -0.25) is 4.90 Å². The number of para-hydroxylation sites is 1. The third-order valence-electron chi connectivity index (χ3n) is 3.39. The highest BCUT2D eigenvalue weighted by molar-refractivity contribution is 9.09. The predicted molar refractivity (Wildman–Crippen MR) is 68.3 cm³/mol. The molecule has 0 amide bonds. The molecule has 2 aliphatic heterocycles. The lowest BCUT2D eigenvalue weighted by Crippen LogP contribution is -2.33. The quantitative estimate of drug-likeness (QED) is 0.773. The summed E-state index contributed by atoms with van der Waals surface area (Å²) in [6.45, 7) is 3.43. The van der Waals surface area contributed by atoms with Crippen LogP contribution in [-0.4, -0.2) is 35.5 Å². The van der Waals surface area contributed by atoms with Crippen LogP contribution >= 0.6 is 15.9 Å². The highest BCUT2D eigenvalue weighted by atomic mass is 79.9. The molecule has 2 nitrogen and oxygen atoms in total. The van der Waals surface area contributed by atoms with E-state index in [0.29, 0.717) is 10.9 Å². The van der Waals surface area contributed by atoms with E-state index in [2.05, 4.69) is 39.0 Å². The van der Waals surface area contributed by atoms with Crippen LogP contribution in [0.4, 0.5) is 0 Å². The molecule has 1 aromatic carbocycles. The molecule has 1 fully saturated rings. The Labute approximate surface area is 105 Å². The van der Waals surface area contributed by atoms with E-state index in [1.807, 2.05) is 6.07 Å². The summed E-state index contributed by atoms with van der Waals surface area (Å²) in [4.78, 5) is 3.17. The Hall–Kier alpha value is -0.540. The van der Waals surface area contributed by atoms with Gasteiger partial charge < -0.3 is 4.74 Å². The first-order chi connectivity index (χ1) is 7.81. The maximum Gasteiger partial charge on any atom is 0.123 e. The van der Waals surface area contributed by atoms with Crippen LogP contribution in [0.5, 0.6) is 5.75 Å². The largest absolute Gasteiger partial charge is 0.488 e. The average molecular weight is 282 g/mol. The maximum absolute atomic E-state index is 5.95. The Morgan fingerprint density at radius 1 is 1.38 bits per heavy atom. The molecule has 0 saturated carbocycles. The summed E-state index contributed by atoms with van der Waals surface area (Å²) in [6, 6.07) is 8.39. The number of halogens is 1. The van der Waals surface area contributed by atoms with Crippen LogP contribution < -0.4 is 4.74 Å². The van der Waals surface area contributed by atoms with Crippen LogP contribution in [0.2, 0.25) is 0 Å². The van der Waals surface area contributed by atoms with Crippen LogP contribution in [0, 0.1) is 0 Å². The first kappa shape index (κ1) is 10.6. The van der Waals surface area contributed by atoms with Crippen LogP contribution in [0.15, 0.2) is 24.3 Å². The third kappa shape index (κ3) is 2.11. The van der Waals surface area contributed by atoms with Gasteiger partial charge in [0.1, 0.15) is 11.9 Å². The van der Waals surface area contributed by atoms with Gasteiger partial charge in [0.2, 0.25) is 0 Å². The number of alkyl halides is 1. The maximum atomic E-state index is 5.95. The lowest BCUT2D eigenvalue weighted by atomic mass is 10.1. The standard InChI is InChI=1S/C13H16BrNO/c14-11-5-6-15(8-11)9-12-7-10-3-1-2-4-13(10)16-12/h1-4,11-12H,5-9H2. The molecule has 2 heterocycles. The SMILES string of the molecule is BrC1CCN(CC2Cc3ccccc3O2)C1. The van der Waals surface area contributed by atoms with Crippen LogP contribution in [-0.2, 0) is 6.42 Å². The first-order valence-electron chi connectivity index (χ1n) is 5.92. The smallest absolute Gasteiger partial charge is 0.123 e. The van der Waals surface area contributed by atoms with Crippen molar-refractivity contribution in [1.82, 2.24) is 4.90 Å². The van der Waals surface area contributed by atoms with E-state index in [1.165, 1.54) is 18.5 Å². The van der Waals surface area contributed by atoms with Crippen molar-refractivity contribution in [3.63, 3.8) is 0 Å². The molecule has 0 spiro atoms. The fraction of sp³-hybridized carbons (Fsp3) is 0.538. The summed E-state index contributed by atoms with van der Waals surface area (Å²) in [5.41, 5.74) is 1.36. The zero-order chi connectivity index (χ0) is 11.0. The summed E-state index contributed by atoms with van der Waals surface area (Å²) >= 11 is 3.67. The molecule has 0 N–H and O–H groups in total. The second kappa shape index (κ2) is 4.38. The molecule has 2 atom stereocenters. The van der Waals surface area contributed by atoms with Gasteiger partial charge in [0.25, 0.3) is 0 Å². The molecule has 3 heteroatoms. The van der Waals surface area contributed by atoms with E-state index in [-0.39, 0.29) is 0 Å². The molecule has 86 valence electrons. The van der Waals surface area contributed by atoms with Gasteiger partial charge in [-0.15, -0.1) is 0 Å². The van der Waals surface area contributed by atoms with Gasteiger partial charge in [0.05, 0.1) is 0 Å². The number of ether oxygens (including phenoxy) is 1. The highest BCUT2D eigenvalue weighted by Crippen LogP contribution is 2.29. The Bertz CT molecular complexity index is 357. The zero-order valence-corrected chi connectivity index (χ0v) is 10.8. The molecule has 0 bridgehead atoms. The summed E-state index contributed by atoms with van der Waals surface area (Å²) in [6.07, 6.45) is 2.69. The monoisotopic (exact) mass is 281 g/mol. The molecular weight excluding hydrogens is 266 g/mol. The van der Waals surface area contributed by atoms with Gasteiger partial charge >= 0.3 is 0 Å². The van der Waals surface area contributed by atoms with Gasteiger partial charge in [-0.05, 0) is 24.6 Å². The highest BCUT2D eigenvalue weighted by Gasteiger charge is 2.27. The van der Waals surface area contributed by atoms with Gasteiger partial charge in [0.15, 0.2) is 0 Å². The van der Waals surface area contributed by atoms with Gasteiger partial charge in [-0.25, -0.2) is 0 Å². The van der Waals surface area contributed by atoms with Crippen molar-refractivity contribution in [2.45, 2.75) is 23.8 Å². The van der Waals surface area contributed by atoms with Crippen molar-refractivity contribution < 1.29 is 4.74 Å². The predicted octanol–water partition coefficient (Wildman–Crippen LogP) is 2.46. The molecule has 0 aromatic heterocycles. The van der Waals surface area contributed by atoms with E-state index in [0.717, 1.165) is 25.3 Å². The summed E-state index contributed by atoms with van der Waals surface area (Å²) in [5, 5.41) is 0. The fourth-order valence-corrected chi connectivity index (χ4v) is 3.21. The number of fused-ring (bicyclic) bond motifs is 1. The Kier molecular flexibility index (Phi) is 2.90. The summed E-state index contributed by atoms with van der Waals surface area (Å²) in [7, 11) is 0. The van der Waals surface area contributed by atoms with Crippen molar-refractivity contribution in [3.8, 4) is 5.75 Å². The summed E-state index contributed by atoms with van der Waals surface area (Å²) in [5.74, 6) is 1.09. The molecule has 1 aromatic rings. The molecule has 3 rings (SSSR count). The van der Waals surface area contributed by atoms with Gasteiger partial charge in [-0.2, -0.15) is 0 Å². The Morgan fingerprint density at radius 2 is 2.25 bits per heavy atom. The van der Waals surface area contributed by atoms with E-state index in [4.69, 9.17) is 4.74 Å². The third-order valence-corrected chi connectivity index (χ3v) is 4.14. The van der Waals surface area contributed by atoms with Gasteiger partial charge in [0, 0.05) is 24.3 Å². The molecule has 2 unspecified atom stereocenters. The number of benzene rings is 1. The second-order valence-electron chi connectivity index (χ2n) is 4.70. The average Bonchev–Trinajstić information content (AvgIpc) is 2.84. The molecule has 2 aliphatic rings. The Morgan fingerprint density at radius 3 is 3.00 bits per heavy atom. The Balaban J connectivity index is 1.60. The van der Waals surface area contributed by atoms with Crippen molar-refractivity contribution in [2.75, 3.05) is 19.6 Å². The van der Waals surface area contributed by atoms with E-state index in [1.54, 1.807) is 0 Å². The second-order valence-corrected chi connectivity index (χ2v) is 5.99. The zero-order valence-electron chi connectivity index (χ0n) is 9.23. The fourth-order valence-electron chi connectivity index (χ4n) is 2.59. The number of rotatable bonds is 2. The van der Waals surface area contributed by atoms with Crippen LogP contribution in [0.25, 0.3) is 0 Å². The molecule has 0 radical (unpaired) electrons. The molecule has 0 aliphatic carbocycles. The van der Waals surface area contributed by atoms with E-state index >= 15 is 0 Å². The lowest BCUT2D eigenvalue weighted by Gasteiger charge is -2.19. The lowest BCUT2D eigenvalue weighted by molar-refractivity contribution is 0.168. The van der Waals surface area contributed by atoms with Crippen LogP contribution in [0.1, 0.15) is 12.0 Å². The molecular formula is C13H16BrNO. The van der Waals surface area contributed by atoms with Crippen molar-refractivity contribution in [3.05, 3.63) is 29.8 Å². The number of likely N-dealkylation sites (tertiary alicyclic amines) is 1. The number of hydrogen-bond donors (Lipinski definition) is 0. The van der Waals surface area contributed by atoms with Gasteiger partial charge in [-0.1, -0.05) is 34.1 Å². The molecule has 16 heavy (non-hydrogen) atoms. The minimum atomic E-state index is 0.357.